The SMILES string of the molecule is CCCCC(=O)Nc1ocnc1-c1cccnc1-c1ccccc1-c1ccc([N+](=O)[O-])cc1O. The lowest BCUT2D eigenvalue weighted by Crippen LogP contribution is -2.11. The maximum absolute atomic E-state index is 12.3. The van der Waals surface area contributed by atoms with Crippen LogP contribution in [0.15, 0.2) is 71.6 Å². The smallest absolute Gasteiger partial charge is 0.273 e. The second-order valence-corrected chi connectivity index (χ2v) is 7.59. The fourth-order valence-corrected chi connectivity index (χ4v) is 3.65. The van der Waals surface area contributed by atoms with Crippen LogP contribution in [-0.2, 0) is 4.79 Å². The summed E-state index contributed by atoms with van der Waals surface area (Å²) in [4.78, 5) is 31.6. The van der Waals surface area contributed by atoms with Crippen LogP contribution in [0.5, 0.6) is 5.75 Å². The quantitative estimate of drug-likeness (QED) is 0.251. The Balaban J connectivity index is 1.79. The van der Waals surface area contributed by atoms with Crippen molar-refractivity contribution >= 4 is 17.5 Å². The molecule has 2 aromatic heterocycles. The lowest BCUT2D eigenvalue weighted by molar-refractivity contribution is -0.384. The van der Waals surface area contributed by atoms with Crippen molar-refractivity contribution in [2.75, 3.05) is 5.32 Å². The first kappa shape index (κ1) is 22.7. The highest BCUT2D eigenvalue weighted by atomic mass is 16.6. The number of phenols is 1. The maximum Gasteiger partial charge on any atom is 0.273 e. The molecule has 0 aliphatic heterocycles. The maximum atomic E-state index is 12.3. The summed E-state index contributed by atoms with van der Waals surface area (Å²) in [6, 6.07) is 14.8. The Morgan fingerprint density at radius 3 is 2.53 bits per heavy atom. The van der Waals surface area contributed by atoms with E-state index in [0.29, 0.717) is 40.1 Å². The molecule has 0 saturated carbocycles. The van der Waals surface area contributed by atoms with Crippen molar-refractivity contribution in [3.05, 3.63) is 77.3 Å². The summed E-state index contributed by atoms with van der Waals surface area (Å²) in [7, 11) is 0. The lowest BCUT2D eigenvalue weighted by Gasteiger charge is -2.14. The van der Waals surface area contributed by atoms with E-state index < -0.39 is 4.92 Å². The highest BCUT2D eigenvalue weighted by Gasteiger charge is 2.21. The van der Waals surface area contributed by atoms with Crippen molar-refractivity contribution < 1.29 is 19.2 Å². The number of hydrogen-bond acceptors (Lipinski definition) is 7. The number of amides is 1. The number of benzene rings is 2. The van der Waals surface area contributed by atoms with Crippen LogP contribution in [0.1, 0.15) is 26.2 Å². The number of aromatic hydroxyl groups is 1. The Hall–Kier alpha value is -4.53. The first-order valence-electron chi connectivity index (χ1n) is 10.8. The van der Waals surface area contributed by atoms with Gasteiger partial charge in [0.15, 0.2) is 6.39 Å². The molecule has 0 aliphatic rings. The Morgan fingerprint density at radius 2 is 1.79 bits per heavy atom. The molecule has 1 amide bonds. The van der Waals surface area contributed by atoms with Crippen LogP contribution in [0.3, 0.4) is 0 Å². The first-order valence-corrected chi connectivity index (χ1v) is 10.8. The van der Waals surface area contributed by atoms with Gasteiger partial charge in [-0.15, -0.1) is 0 Å². The highest BCUT2D eigenvalue weighted by molar-refractivity contribution is 5.96. The molecule has 2 aromatic carbocycles. The summed E-state index contributed by atoms with van der Waals surface area (Å²) in [6.07, 6.45) is 4.93. The molecule has 0 saturated heterocycles. The Kier molecular flexibility index (Phi) is 6.63. The topological polar surface area (TPSA) is 131 Å². The van der Waals surface area contributed by atoms with Gasteiger partial charge in [-0.25, -0.2) is 4.98 Å². The van der Waals surface area contributed by atoms with E-state index >= 15 is 0 Å². The average Bonchev–Trinajstić information content (AvgIpc) is 3.30. The summed E-state index contributed by atoms with van der Waals surface area (Å²) in [6.45, 7) is 2.01. The third-order valence-corrected chi connectivity index (χ3v) is 5.31. The van der Waals surface area contributed by atoms with Gasteiger partial charge < -0.3 is 9.52 Å². The number of oxazole rings is 1. The second kappa shape index (κ2) is 9.95. The summed E-state index contributed by atoms with van der Waals surface area (Å²) < 4.78 is 5.46. The molecular formula is C25H22N4O5. The molecule has 0 atom stereocenters. The monoisotopic (exact) mass is 458 g/mol. The van der Waals surface area contributed by atoms with Crippen molar-refractivity contribution in [3.63, 3.8) is 0 Å². The molecule has 4 aromatic rings. The summed E-state index contributed by atoms with van der Waals surface area (Å²) in [5, 5.41) is 24.4. The molecule has 4 rings (SSSR count). The zero-order valence-electron chi connectivity index (χ0n) is 18.4. The van der Waals surface area contributed by atoms with E-state index in [2.05, 4.69) is 15.3 Å². The van der Waals surface area contributed by atoms with Gasteiger partial charge in [-0.05, 0) is 30.2 Å². The van der Waals surface area contributed by atoms with E-state index in [9.17, 15) is 20.0 Å². The minimum absolute atomic E-state index is 0.165. The third kappa shape index (κ3) is 4.63. The molecule has 34 heavy (non-hydrogen) atoms. The van der Waals surface area contributed by atoms with Crippen LogP contribution < -0.4 is 5.32 Å². The number of aromatic nitrogens is 2. The van der Waals surface area contributed by atoms with Gasteiger partial charge in [0.05, 0.1) is 16.7 Å². The van der Waals surface area contributed by atoms with Gasteiger partial charge in [-0.3, -0.25) is 25.2 Å². The zero-order valence-corrected chi connectivity index (χ0v) is 18.4. The van der Waals surface area contributed by atoms with Gasteiger partial charge in [-0.2, -0.15) is 0 Å². The number of carbonyl (C=O) groups excluding carboxylic acids is 1. The molecule has 172 valence electrons. The second-order valence-electron chi connectivity index (χ2n) is 7.59. The third-order valence-electron chi connectivity index (χ3n) is 5.31. The van der Waals surface area contributed by atoms with Crippen LogP contribution in [0.4, 0.5) is 11.6 Å². The predicted molar refractivity (Wildman–Crippen MR) is 127 cm³/mol. The van der Waals surface area contributed by atoms with Gasteiger partial charge in [0.25, 0.3) is 5.69 Å². The van der Waals surface area contributed by atoms with E-state index in [1.165, 1.54) is 18.5 Å². The van der Waals surface area contributed by atoms with E-state index in [0.717, 1.165) is 18.9 Å². The van der Waals surface area contributed by atoms with Gasteiger partial charge in [0.1, 0.15) is 11.4 Å². The number of nitrogens with one attached hydrogen (secondary N) is 1. The molecule has 0 unspecified atom stereocenters. The van der Waals surface area contributed by atoms with E-state index in [1.807, 2.05) is 25.1 Å². The van der Waals surface area contributed by atoms with E-state index in [-0.39, 0.29) is 23.2 Å². The molecule has 0 spiro atoms. The number of phenolic OH excluding ortho intramolecular Hbond substituents is 1. The Morgan fingerprint density at radius 1 is 1.03 bits per heavy atom. The zero-order chi connectivity index (χ0) is 24.1. The first-order chi connectivity index (χ1) is 16.5. The largest absolute Gasteiger partial charge is 0.507 e. The van der Waals surface area contributed by atoms with Crippen LogP contribution in [0.25, 0.3) is 33.6 Å². The molecule has 0 radical (unpaired) electrons. The molecule has 2 N–H and O–H groups in total. The predicted octanol–water partition coefficient (Wildman–Crippen LogP) is 5.81. The highest BCUT2D eigenvalue weighted by Crippen LogP contribution is 2.41. The lowest BCUT2D eigenvalue weighted by atomic mass is 9.93. The van der Waals surface area contributed by atoms with E-state index in [4.69, 9.17) is 4.42 Å². The van der Waals surface area contributed by atoms with Crippen molar-refractivity contribution in [3.8, 4) is 39.4 Å². The van der Waals surface area contributed by atoms with Gasteiger partial charge >= 0.3 is 0 Å². The van der Waals surface area contributed by atoms with Gasteiger partial charge in [-0.1, -0.05) is 37.6 Å². The molecule has 9 heteroatoms. The number of pyridine rings is 1. The van der Waals surface area contributed by atoms with Crippen LogP contribution >= 0.6 is 0 Å². The van der Waals surface area contributed by atoms with Crippen LogP contribution in [0, 0.1) is 10.1 Å². The Labute approximate surface area is 195 Å². The summed E-state index contributed by atoms with van der Waals surface area (Å²) in [5.41, 5.74) is 3.12. The molecule has 0 bridgehead atoms. The van der Waals surface area contributed by atoms with Crippen molar-refractivity contribution in [2.24, 2.45) is 0 Å². The number of rotatable bonds is 8. The standard InChI is InChI=1S/C25H22N4O5/c1-2-3-10-22(31)28-25-24(27-15-34-25)20-9-6-13-26-23(20)19-8-5-4-7-17(19)18-12-11-16(29(32)33)14-21(18)30/h4-9,11-15,30H,2-3,10H2,1H3,(H,28,31). The number of non-ortho nitro benzene ring substituents is 1. The number of hydrogen-bond donors (Lipinski definition) is 2. The normalized spacial score (nSPS) is 10.7. The summed E-state index contributed by atoms with van der Waals surface area (Å²) in [5.74, 6) is -0.156. The van der Waals surface area contributed by atoms with Gasteiger partial charge in [0.2, 0.25) is 11.8 Å². The van der Waals surface area contributed by atoms with Crippen LogP contribution in [0.2, 0.25) is 0 Å². The number of anilines is 1. The molecule has 2 heterocycles. The summed E-state index contributed by atoms with van der Waals surface area (Å²) >= 11 is 0. The van der Waals surface area contributed by atoms with Gasteiger partial charge in [0, 0.05) is 35.4 Å². The fraction of sp³-hybridized carbons (Fsp3) is 0.160. The molecule has 9 nitrogen and oxygen atoms in total. The minimum atomic E-state index is -0.562. The number of nitro groups is 1. The number of unbranched alkanes of at least 4 members (excludes halogenated alkanes) is 1. The number of nitrogens with zero attached hydrogens (tertiary/aromatic N) is 3. The molecular weight excluding hydrogens is 436 g/mol. The van der Waals surface area contributed by atoms with Crippen molar-refractivity contribution in [1.82, 2.24) is 9.97 Å². The number of carbonyl (C=O) groups is 1. The van der Waals surface area contributed by atoms with Crippen LogP contribution in [-0.4, -0.2) is 25.9 Å². The van der Waals surface area contributed by atoms with E-state index in [1.54, 1.807) is 24.4 Å². The molecule has 0 aliphatic carbocycles. The fourth-order valence-electron chi connectivity index (χ4n) is 3.65. The van der Waals surface area contributed by atoms with Crippen molar-refractivity contribution in [1.29, 1.82) is 0 Å². The molecule has 0 fully saturated rings. The Bertz CT molecular complexity index is 1350. The average molecular weight is 458 g/mol. The number of nitro benzene ring substituents is 1. The van der Waals surface area contributed by atoms with Crippen molar-refractivity contribution in [2.45, 2.75) is 26.2 Å². The minimum Gasteiger partial charge on any atom is -0.507 e.